The van der Waals surface area contributed by atoms with E-state index in [1.807, 2.05) is 0 Å². The lowest BCUT2D eigenvalue weighted by atomic mass is 10.2. The highest BCUT2D eigenvalue weighted by Crippen LogP contribution is 2.12. The van der Waals surface area contributed by atoms with E-state index in [1.165, 1.54) is 0 Å². The van der Waals surface area contributed by atoms with Gasteiger partial charge in [-0.05, 0) is 47.1 Å². The number of carbonyl (C=O) groups is 2. The predicted molar refractivity (Wildman–Crippen MR) is 104 cm³/mol. The fourth-order valence-electron chi connectivity index (χ4n) is 1.98. The van der Waals surface area contributed by atoms with Crippen LogP contribution in [0.2, 0.25) is 0 Å². The van der Waals surface area contributed by atoms with Crippen LogP contribution in [0.25, 0.3) is 0 Å². The van der Waals surface area contributed by atoms with E-state index in [0.29, 0.717) is 5.56 Å². The molecule has 0 aliphatic rings. The highest BCUT2D eigenvalue weighted by Gasteiger charge is 2.30. The van der Waals surface area contributed by atoms with Crippen LogP contribution >= 0.6 is 0 Å². The first-order valence-corrected chi connectivity index (χ1v) is 10.4. The summed E-state index contributed by atoms with van der Waals surface area (Å²) in [5, 5.41) is 2.31. The lowest BCUT2D eigenvalue weighted by Gasteiger charge is -2.26. The van der Waals surface area contributed by atoms with Gasteiger partial charge in [0.25, 0.3) is 10.1 Å². The molecular formula is C19H29NO7S. The van der Waals surface area contributed by atoms with Crippen molar-refractivity contribution in [2.24, 2.45) is 0 Å². The normalized spacial score (nSPS) is 13.5. The Morgan fingerprint density at radius 2 is 1.50 bits per heavy atom. The Bertz CT molecular complexity index is 762. The Hall–Kier alpha value is -2.13. The molecule has 0 aromatic heterocycles. The molecule has 1 amide bonds. The van der Waals surface area contributed by atoms with Crippen molar-refractivity contribution in [3.05, 3.63) is 35.9 Å². The summed E-state index contributed by atoms with van der Waals surface area (Å²) in [6, 6.07) is 7.12. The predicted octanol–water partition coefficient (Wildman–Crippen LogP) is 2.77. The fourth-order valence-corrected chi connectivity index (χ4v) is 3.01. The summed E-state index contributed by atoms with van der Waals surface area (Å²) in [5.74, 6) is -1.19. The number of rotatable bonds is 7. The van der Waals surface area contributed by atoms with E-state index >= 15 is 0 Å². The number of ether oxygens (including phenoxy) is 2. The molecule has 1 atom stereocenters. The highest BCUT2D eigenvalue weighted by atomic mass is 32.2. The van der Waals surface area contributed by atoms with Gasteiger partial charge in [0, 0.05) is 0 Å². The number of nitrogens with one attached hydrogen (secondary N) is 1. The number of carbonyl (C=O) groups excluding carboxylic acids is 2. The number of esters is 1. The van der Waals surface area contributed by atoms with Crippen molar-refractivity contribution in [3.8, 4) is 0 Å². The van der Waals surface area contributed by atoms with Gasteiger partial charge in [-0.2, -0.15) is 8.42 Å². The van der Waals surface area contributed by atoms with Crippen LogP contribution in [0.5, 0.6) is 0 Å². The SMILES string of the molecule is CC(C)(C)OC(=O)N[C@@H](COS(=O)(=O)Cc1ccccc1)C(=O)OC(C)(C)C. The minimum absolute atomic E-state index is 0.360. The second-order valence-corrected chi connectivity index (χ2v) is 9.84. The molecule has 158 valence electrons. The van der Waals surface area contributed by atoms with Gasteiger partial charge in [-0.15, -0.1) is 0 Å². The van der Waals surface area contributed by atoms with Crippen LogP contribution in [0.4, 0.5) is 4.79 Å². The van der Waals surface area contributed by atoms with Crippen LogP contribution in [0.15, 0.2) is 30.3 Å². The van der Waals surface area contributed by atoms with Crippen LogP contribution in [-0.2, 0) is 34.3 Å². The molecule has 0 fully saturated rings. The molecule has 9 heteroatoms. The molecular weight excluding hydrogens is 386 g/mol. The van der Waals surface area contributed by atoms with Crippen molar-refractivity contribution in [1.82, 2.24) is 5.32 Å². The number of amides is 1. The second kappa shape index (κ2) is 9.38. The van der Waals surface area contributed by atoms with Gasteiger partial charge in [0.15, 0.2) is 6.04 Å². The van der Waals surface area contributed by atoms with E-state index < -0.39 is 46.0 Å². The van der Waals surface area contributed by atoms with Crippen molar-refractivity contribution < 1.29 is 31.7 Å². The molecule has 0 saturated carbocycles. The first-order chi connectivity index (χ1) is 12.7. The van der Waals surface area contributed by atoms with E-state index in [-0.39, 0.29) is 5.75 Å². The minimum Gasteiger partial charge on any atom is -0.458 e. The molecule has 1 aromatic rings. The average molecular weight is 416 g/mol. The molecule has 0 unspecified atom stereocenters. The highest BCUT2D eigenvalue weighted by molar-refractivity contribution is 7.85. The van der Waals surface area contributed by atoms with E-state index in [4.69, 9.17) is 13.7 Å². The Morgan fingerprint density at radius 3 is 2.00 bits per heavy atom. The van der Waals surface area contributed by atoms with Gasteiger partial charge in [-0.1, -0.05) is 30.3 Å². The molecule has 0 saturated heterocycles. The van der Waals surface area contributed by atoms with Gasteiger partial charge < -0.3 is 14.8 Å². The third-order valence-corrected chi connectivity index (χ3v) is 4.16. The Morgan fingerprint density at radius 1 is 0.964 bits per heavy atom. The first kappa shape index (κ1) is 23.9. The zero-order valence-electron chi connectivity index (χ0n) is 17.1. The quantitative estimate of drug-likeness (QED) is 0.539. The van der Waals surface area contributed by atoms with Gasteiger partial charge in [0.2, 0.25) is 0 Å². The maximum absolute atomic E-state index is 12.4. The van der Waals surface area contributed by atoms with Crippen LogP contribution in [-0.4, -0.2) is 44.3 Å². The van der Waals surface area contributed by atoms with E-state index in [1.54, 1.807) is 71.9 Å². The Balaban J connectivity index is 2.83. The van der Waals surface area contributed by atoms with E-state index in [2.05, 4.69) is 5.32 Å². The maximum Gasteiger partial charge on any atom is 0.408 e. The van der Waals surface area contributed by atoms with Gasteiger partial charge >= 0.3 is 12.1 Å². The molecule has 1 N–H and O–H groups in total. The molecule has 0 radical (unpaired) electrons. The lowest BCUT2D eigenvalue weighted by molar-refractivity contribution is -0.158. The number of benzene rings is 1. The molecule has 1 aromatic carbocycles. The largest absolute Gasteiger partial charge is 0.458 e. The monoisotopic (exact) mass is 415 g/mol. The standard InChI is InChI=1S/C19H29NO7S/c1-18(2,3)26-16(21)15(20-17(22)27-19(4,5)6)12-25-28(23,24)13-14-10-8-7-9-11-14/h7-11,15H,12-13H2,1-6H3,(H,20,22)/t15-/m0/s1. The summed E-state index contributed by atoms with van der Waals surface area (Å²) in [7, 11) is -3.98. The van der Waals surface area contributed by atoms with Crippen molar-refractivity contribution in [2.75, 3.05) is 6.61 Å². The summed E-state index contributed by atoms with van der Waals surface area (Å²) in [6.07, 6.45) is -0.882. The van der Waals surface area contributed by atoms with Crippen LogP contribution in [0.1, 0.15) is 47.1 Å². The van der Waals surface area contributed by atoms with E-state index in [0.717, 1.165) is 0 Å². The third kappa shape index (κ3) is 10.3. The number of alkyl carbamates (subject to hydrolysis) is 1. The molecule has 0 aliphatic carbocycles. The number of hydrogen-bond donors (Lipinski definition) is 1. The summed E-state index contributed by atoms with van der Waals surface area (Å²) in [4.78, 5) is 24.4. The molecule has 0 aliphatic heterocycles. The zero-order chi connectivity index (χ0) is 21.6. The smallest absolute Gasteiger partial charge is 0.408 e. The topological polar surface area (TPSA) is 108 Å². The molecule has 1 rings (SSSR count). The first-order valence-electron chi connectivity index (χ1n) is 8.80. The van der Waals surface area contributed by atoms with Crippen molar-refractivity contribution in [3.63, 3.8) is 0 Å². The molecule has 28 heavy (non-hydrogen) atoms. The minimum atomic E-state index is -3.98. The molecule has 0 bridgehead atoms. The van der Waals surface area contributed by atoms with Gasteiger partial charge in [0.1, 0.15) is 17.0 Å². The van der Waals surface area contributed by atoms with Gasteiger partial charge in [-0.25, -0.2) is 9.59 Å². The average Bonchev–Trinajstić information content (AvgIpc) is 2.48. The maximum atomic E-state index is 12.4. The van der Waals surface area contributed by atoms with Gasteiger partial charge in [-0.3, -0.25) is 4.18 Å². The van der Waals surface area contributed by atoms with E-state index in [9.17, 15) is 18.0 Å². The van der Waals surface area contributed by atoms with Crippen LogP contribution < -0.4 is 5.32 Å². The third-order valence-electron chi connectivity index (χ3n) is 2.98. The fraction of sp³-hybridized carbons (Fsp3) is 0.579. The lowest BCUT2D eigenvalue weighted by Crippen LogP contribution is -2.48. The summed E-state index contributed by atoms with van der Waals surface area (Å²) >= 11 is 0. The molecule has 0 spiro atoms. The van der Waals surface area contributed by atoms with Crippen LogP contribution in [0, 0.1) is 0 Å². The summed E-state index contributed by atoms with van der Waals surface area (Å²) in [6.45, 7) is 9.35. The van der Waals surface area contributed by atoms with Crippen molar-refractivity contribution in [2.45, 2.75) is 64.5 Å². The Labute approximate surface area is 166 Å². The van der Waals surface area contributed by atoms with Crippen molar-refractivity contribution >= 4 is 22.2 Å². The number of hydrogen-bond acceptors (Lipinski definition) is 7. The summed E-state index contributed by atoms with van der Waals surface area (Å²) < 4.78 is 39.7. The van der Waals surface area contributed by atoms with Gasteiger partial charge in [0.05, 0.1) is 6.61 Å². The Kier molecular flexibility index (Phi) is 8.01. The molecule has 8 nitrogen and oxygen atoms in total. The van der Waals surface area contributed by atoms with Crippen molar-refractivity contribution in [1.29, 1.82) is 0 Å². The zero-order valence-corrected chi connectivity index (χ0v) is 18.0. The molecule has 0 heterocycles. The summed E-state index contributed by atoms with van der Waals surface area (Å²) in [5.41, 5.74) is -1.08. The van der Waals surface area contributed by atoms with Crippen LogP contribution in [0.3, 0.4) is 0 Å². The second-order valence-electron chi connectivity index (χ2n) is 8.20.